The van der Waals surface area contributed by atoms with Gasteiger partial charge >= 0.3 is 0 Å². The van der Waals surface area contributed by atoms with E-state index in [0.717, 1.165) is 19.0 Å². The van der Waals surface area contributed by atoms with E-state index in [4.69, 9.17) is 0 Å². The van der Waals surface area contributed by atoms with Gasteiger partial charge in [0.15, 0.2) is 0 Å². The van der Waals surface area contributed by atoms with Crippen LogP contribution in [0.15, 0.2) is 24.5 Å². The molecule has 1 aromatic rings. The van der Waals surface area contributed by atoms with Gasteiger partial charge in [-0.2, -0.15) is 0 Å². The first-order valence-electron chi connectivity index (χ1n) is 8.37. The fraction of sp³-hybridized carbons (Fsp3) is 0.706. The molecule has 0 spiro atoms. The molecule has 0 unspecified atom stereocenters. The van der Waals surface area contributed by atoms with E-state index in [1.165, 1.54) is 57.7 Å². The summed E-state index contributed by atoms with van der Waals surface area (Å²) in [5.41, 5.74) is 1.32. The average Bonchev–Trinajstić information content (AvgIpc) is 2.56. The minimum Gasteiger partial charge on any atom is -0.369 e. The second-order valence-corrected chi connectivity index (χ2v) is 6.57. The number of aromatic nitrogens is 1. The van der Waals surface area contributed by atoms with Crippen molar-refractivity contribution in [1.82, 2.24) is 14.8 Å². The van der Waals surface area contributed by atoms with Crippen LogP contribution in [0.2, 0.25) is 0 Å². The Morgan fingerprint density at radius 3 is 2.33 bits per heavy atom. The summed E-state index contributed by atoms with van der Waals surface area (Å²) in [7, 11) is 2.24. The largest absolute Gasteiger partial charge is 0.369 e. The minimum atomic E-state index is 0.958. The molecule has 4 nitrogen and oxygen atoms in total. The monoisotopic (exact) mass is 288 g/mol. The zero-order valence-electron chi connectivity index (χ0n) is 13.2. The van der Waals surface area contributed by atoms with Crippen molar-refractivity contribution in [3.05, 3.63) is 24.5 Å². The van der Waals surface area contributed by atoms with Crippen LogP contribution >= 0.6 is 0 Å². The molecule has 116 valence electrons. The molecule has 0 radical (unpaired) electrons. The number of likely N-dealkylation sites (tertiary alicyclic amines) is 1. The van der Waals surface area contributed by atoms with Crippen LogP contribution in [0.5, 0.6) is 0 Å². The molecular weight excluding hydrogens is 260 g/mol. The third kappa shape index (κ3) is 4.17. The molecule has 3 heterocycles. The van der Waals surface area contributed by atoms with E-state index in [1.54, 1.807) is 0 Å². The standard InChI is InChI=1S/C17H28N4/c1-19-9-4-16(5-10-19)6-11-20-12-14-21(15-13-20)17-2-7-18-8-3-17/h2-3,7-8,16H,4-6,9-15H2,1H3. The molecule has 2 saturated heterocycles. The Labute approximate surface area is 128 Å². The summed E-state index contributed by atoms with van der Waals surface area (Å²) in [5.74, 6) is 0.958. The summed E-state index contributed by atoms with van der Waals surface area (Å²) >= 11 is 0. The molecule has 1 aromatic heterocycles. The zero-order valence-corrected chi connectivity index (χ0v) is 13.2. The molecule has 0 atom stereocenters. The topological polar surface area (TPSA) is 22.6 Å². The van der Waals surface area contributed by atoms with Gasteiger partial charge in [0, 0.05) is 44.3 Å². The van der Waals surface area contributed by atoms with Crippen molar-refractivity contribution in [2.75, 3.05) is 57.8 Å². The Kier molecular flexibility index (Phi) is 5.09. The highest BCUT2D eigenvalue weighted by Gasteiger charge is 2.20. The van der Waals surface area contributed by atoms with Crippen LogP contribution in [-0.2, 0) is 0 Å². The van der Waals surface area contributed by atoms with Gasteiger partial charge in [0.2, 0.25) is 0 Å². The van der Waals surface area contributed by atoms with E-state index in [9.17, 15) is 0 Å². The van der Waals surface area contributed by atoms with Crippen molar-refractivity contribution in [3.8, 4) is 0 Å². The molecular formula is C17H28N4. The first-order chi connectivity index (χ1) is 10.3. The molecule has 21 heavy (non-hydrogen) atoms. The lowest BCUT2D eigenvalue weighted by Gasteiger charge is -2.37. The molecule has 0 aromatic carbocycles. The molecule has 0 amide bonds. The maximum absolute atomic E-state index is 4.10. The number of hydrogen-bond donors (Lipinski definition) is 0. The second-order valence-electron chi connectivity index (χ2n) is 6.57. The maximum Gasteiger partial charge on any atom is 0.0397 e. The van der Waals surface area contributed by atoms with E-state index in [2.05, 4.69) is 38.9 Å². The van der Waals surface area contributed by atoms with Crippen LogP contribution in [-0.4, -0.2) is 67.6 Å². The number of piperazine rings is 1. The summed E-state index contributed by atoms with van der Waals surface area (Å²) < 4.78 is 0. The quantitative estimate of drug-likeness (QED) is 0.844. The number of pyridine rings is 1. The summed E-state index contributed by atoms with van der Waals surface area (Å²) in [4.78, 5) is 11.7. The molecule has 2 aliphatic heterocycles. The molecule has 0 saturated carbocycles. The highest BCUT2D eigenvalue weighted by atomic mass is 15.3. The summed E-state index contributed by atoms with van der Waals surface area (Å²) in [6.45, 7) is 8.58. The van der Waals surface area contributed by atoms with Gasteiger partial charge < -0.3 is 9.80 Å². The number of nitrogens with zero attached hydrogens (tertiary/aromatic N) is 4. The SMILES string of the molecule is CN1CCC(CCN2CCN(c3ccncc3)CC2)CC1. The van der Waals surface area contributed by atoms with Crippen molar-refractivity contribution in [2.45, 2.75) is 19.3 Å². The molecule has 2 fully saturated rings. The van der Waals surface area contributed by atoms with E-state index in [-0.39, 0.29) is 0 Å². The van der Waals surface area contributed by atoms with Crippen molar-refractivity contribution >= 4 is 5.69 Å². The van der Waals surface area contributed by atoms with Gasteiger partial charge in [0.25, 0.3) is 0 Å². The van der Waals surface area contributed by atoms with Crippen LogP contribution in [0.25, 0.3) is 0 Å². The lowest BCUT2D eigenvalue weighted by atomic mass is 9.93. The van der Waals surface area contributed by atoms with Crippen molar-refractivity contribution in [1.29, 1.82) is 0 Å². The predicted molar refractivity (Wildman–Crippen MR) is 87.7 cm³/mol. The van der Waals surface area contributed by atoms with E-state index >= 15 is 0 Å². The Bertz CT molecular complexity index is 406. The van der Waals surface area contributed by atoms with Gasteiger partial charge in [0.05, 0.1) is 0 Å². The lowest BCUT2D eigenvalue weighted by Crippen LogP contribution is -2.47. The van der Waals surface area contributed by atoms with Crippen LogP contribution in [0, 0.1) is 5.92 Å². The molecule has 2 aliphatic rings. The van der Waals surface area contributed by atoms with Gasteiger partial charge in [-0.3, -0.25) is 9.88 Å². The fourth-order valence-corrected chi connectivity index (χ4v) is 3.50. The molecule has 3 rings (SSSR count). The molecule has 0 bridgehead atoms. The van der Waals surface area contributed by atoms with Gasteiger partial charge in [-0.25, -0.2) is 0 Å². The van der Waals surface area contributed by atoms with Crippen molar-refractivity contribution in [3.63, 3.8) is 0 Å². The van der Waals surface area contributed by atoms with Crippen molar-refractivity contribution in [2.24, 2.45) is 5.92 Å². The smallest absolute Gasteiger partial charge is 0.0397 e. The number of rotatable bonds is 4. The van der Waals surface area contributed by atoms with E-state index < -0.39 is 0 Å². The first kappa shape index (κ1) is 14.8. The average molecular weight is 288 g/mol. The Morgan fingerprint density at radius 2 is 1.67 bits per heavy atom. The van der Waals surface area contributed by atoms with Crippen LogP contribution < -0.4 is 4.90 Å². The third-order valence-corrected chi connectivity index (χ3v) is 5.09. The number of hydrogen-bond acceptors (Lipinski definition) is 4. The fourth-order valence-electron chi connectivity index (χ4n) is 3.50. The molecule has 0 N–H and O–H groups in total. The van der Waals surface area contributed by atoms with E-state index in [0.29, 0.717) is 0 Å². The predicted octanol–water partition coefficient (Wildman–Crippen LogP) is 1.94. The Morgan fingerprint density at radius 1 is 1.00 bits per heavy atom. The van der Waals surface area contributed by atoms with Crippen molar-refractivity contribution < 1.29 is 0 Å². The maximum atomic E-state index is 4.10. The summed E-state index contributed by atoms with van der Waals surface area (Å²) in [6, 6.07) is 4.24. The summed E-state index contributed by atoms with van der Waals surface area (Å²) in [6.07, 6.45) is 7.97. The molecule has 0 aliphatic carbocycles. The number of anilines is 1. The number of piperidine rings is 1. The normalized spacial score (nSPS) is 22.6. The molecule has 4 heteroatoms. The minimum absolute atomic E-state index is 0.958. The van der Waals surface area contributed by atoms with Gasteiger partial charge in [0.1, 0.15) is 0 Å². The van der Waals surface area contributed by atoms with Gasteiger partial charge in [-0.15, -0.1) is 0 Å². The first-order valence-corrected chi connectivity index (χ1v) is 8.37. The second kappa shape index (κ2) is 7.23. The van der Waals surface area contributed by atoms with E-state index in [1.807, 2.05) is 12.4 Å². The van der Waals surface area contributed by atoms with Crippen LogP contribution in [0.4, 0.5) is 5.69 Å². The lowest BCUT2D eigenvalue weighted by molar-refractivity contribution is 0.182. The summed E-state index contributed by atoms with van der Waals surface area (Å²) in [5, 5.41) is 0. The highest BCUT2D eigenvalue weighted by Crippen LogP contribution is 2.21. The van der Waals surface area contributed by atoms with Gasteiger partial charge in [-0.1, -0.05) is 0 Å². The van der Waals surface area contributed by atoms with Crippen LogP contribution in [0.3, 0.4) is 0 Å². The highest BCUT2D eigenvalue weighted by molar-refractivity contribution is 5.44. The third-order valence-electron chi connectivity index (χ3n) is 5.09. The van der Waals surface area contributed by atoms with Crippen LogP contribution in [0.1, 0.15) is 19.3 Å². The Hall–Kier alpha value is -1.13. The Balaban J connectivity index is 1.38. The van der Waals surface area contributed by atoms with Gasteiger partial charge in [-0.05, 0) is 64.0 Å². The zero-order chi connectivity index (χ0) is 14.5.